The maximum absolute atomic E-state index is 11.0. The summed E-state index contributed by atoms with van der Waals surface area (Å²) in [4.78, 5) is 21.8. The highest BCUT2D eigenvalue weighted by molar-refractivity contribution is 5.96. The van der Waals surface area contributed by atoms with Crippen molar-refractivity contribution in [2.45, 2.75) is 33.5 Å². The van der Waals surface area contributed by atoms with Crippen molar-refractivity contribution in [3.8, 4) is 0 Å². The number of rotatable bonds is 8. The molecule has 0 aliphatic carbocycles. The van der Waals surface area contributed by atoms with Crippen LogP contribution in [0.15, 0.2) is 0 Å². The van der Waals surface area contributed by atoms with Gasteiger partial charge in [-0.3, -0.25) is 9.59 Å². The Morgan fingerprint density at radius 3 is 1.93 bits per heavy atom. The lowest BCUT2D eigenvalue weighted by Gasteiger charge is -2.19. The van der Waals surface area contributed by atoms with Crippen molar-refractivity contribution in [3.63, 3.8) is 0 Å². The molecule has 1 N–H and O–H groups in total. The summed E-state index contributed by atoms with van der Waals surface area (Å²) in [6.07, 6.45) is -0.559. The predicted molar refractivity (Wildman–Crippen MR) is 53.5 cm³/mol. The Kier molecular flexibility index (Phi) is 6.90. The lowest BCUT2D eigenvalue weighted by atomic mass is 10.0. The van der Waals surface area contributed by atoms with Crippen molar-refractivity contribution in [1.29, 1.82) is 0 Å². The van der Waals surface area contributed by atoms with Crippen LogP contribution >= 0.6 is 0 Å². The third-order valence-corrected chi connectivity index (χ3v) is 1.92. The molecule has 0 saturated heterocycles. The molecule has 0 amide bonds. The minimum Gasteiger partial charge on any atom is -0.481 e. The summed E-state index contributed by atoms with van der Waals surface area (Å²) in [5, 5.41) is 8.80. The normalized spacial score (nSPS) is 12.8. The number of carbonyl (C=O) groups is 2. The number of aliphatic carboxylic acids is 1. The highest BCUT2D eigenvalue weighted by Gasteiger charge is 2.27. The molecule has 0 rings (SSSR count). The van der Waals surface area contributed by atoms with Gasteiger partial charge in [0.1, 0.15) is 11.7 Å². The van der Waals surface area contributed by atoms with E-state index in [-0.39, 0.29) is 12.2 Å². The van der Waals surface area contributed by atoms with Gasteiger partial charge in [-0.1, -0.05) is 0 Å². The van der Waals surface area contributed by atoms with Gasteiger partial charge < -0.3 is 14.6 Å². The zero-order chi connectivity index (χ0) is 11.8. The monoisotopic (exact) mass is 218 g/mol. The van der Waals surface area contributed by atoms with Crippen molar-refractivity contribution in [2.24, 2.45) is 5.92 Å². The fraction of sp³-hybridized carbons (Fsp3) is 0.800. The van der Waals surface area contributed by atoms with E-state index in [4.69, 9.17) is 14.6 Å². The first-order chi connectivity index (χ1) is 7.02. The Morgan fingerprint density at radius 2 is 1.67 bits per heavy atom. The molecule has 5 nitrogen and oxygen atoms in total. The molecule has 0 radical (unpaired) electrons. The first-order valence-corrected chi connectivity index (χ1v) is 4.99. The molecule has 15 heavy (non-hydrogen) atoms. The van der Waals surface area contributed by atoms with Crippen LogP contribution in [0.5, 0.6) is 0 Å². The molecule has 0 heterocycles. The van der Waals surface area contributed by atoms with Crippen molar-refractivity contribution in [3.05, 3.63) is 0 Å². The van der Waals surface area contributed by atoms with Crippen molar-refractivity contribution < 1.29 is 24.2 Å². The molecule has 0 aliphatic heterocycles. The van der Waals surface area contributed by atoms with E-state index >= 15 is 0 Å². The average molecular weight is 218 g/mol. The molecule has 5 heteroatoms. The standard InChI is InChI=1S/C10H18O5/c1-4-14-9(15-5-2)6-8(7(3)11)10(12)13/h8-9H,4-6H2,1-3H3,(H,12,13). The molecule has 1 unspecified atom stereocenters. The van der Waals surface area contributed by atoms with Gasteiger partial charge in [-0.2, -0.15) is 0 Å². The second-order valence-electron chi connectivity index (χ2n) is 3.08. The number of ether oxygens (including phenoxy) is 2. The smallest absolute Gasteiger partial charge is 0.314 e. The lowest BCUT2D eigenvalue weighted by Crippen LogP contribution is -2.29. The van der Waals surface area contributed by atoms with Gasteiger partial charge in [-0.25, -0.2) is 0 Å². The molecule has 0 bridgehead atoms. The van der Waals surface area contributed by atoms with E-state index in [1.54, 1.807) is 13.8 Å². The van der Waals surface area contributed by atoms with E-state index in [9.17, 15) is 9.59 Å². The third-order valence-electron chi connectivity index (χ3n) is 1.92. The number of hydrogen-bond donors (Lipinski definition) is 1. The van der Waals surface area contributed by atoms with Crippen LogP contribution in [0.2, 0.25) is 0 Å². The number of hydrogen-bond acceptors (Lipinski definition) is 4. The Hall–Kier alpha value is -0.940. The topological polar surface area (TPSA) is 72.8 Å². The third kappa shape index (κ3) is 5.49. The quantitative estimate of drug-likeness (QED) is 0.487. The van der Waals surface area contributed by atoms with Crippen molar-refractivity contribution in [2.75, 3.05) is 13.2 Å². The Morgan fingerprint density at radius 1 is 1.20 bits per heavy atom. The van der Waals surface area contributed by atoms with E-state index in [0.29, 0.717) is 13.2 Å². The number of Topliss-reactive ketones (excluding diaryl/α,β-unsaturated/α-hetero) is 1. The number of carbonyl (C=O) groups excluding carboxylic acids is 1. The van der Waals surface area contributed by atoms with Crippen LogP contribution in [0.4, 0.5) is 0 Å². The average Bonchev–Trinajstić information content (AvgIpc) is 2.13. The minimum atomic E-state index is -1.13. The summed E-state index contributed by atoms with van der Waals surface area (Å²) in [5.41, 5.74) is 0. The zero-order valence-electron chi connectivity index (χ0n) is 9.36. The molecule has 0 spiro atoms. The summed E-state index contributed by atoms with van der Waals surface area (Å²) in [6, 6.07) is 0. The van der Waals surface area contributed by atoms with Crippen LogP contribution in [0.3, 0.4) is 0 Å². The van der Waals surface area contributed by atoms with Gasteiger partial charge in [0.15, 0.2) is 6.29 Å². The summed E-state index contributed by atoms with van der Waals surface area (Å²) in [5.74, 6) is -2.56. The summed E-state index contributed by atoms with van der Waals surface area (Å²) in [7, 11) is 0. The van der Waals surface area contributed by atoms with Crippen LogP contribution in [-0.2, 0) is 19.1 Å². The van der Waals surface area contributed by atoms with Gasteiger partial charge in [0.05, 0.1) is 0 Å². The Bertz CT molecular complexity index is 194. The van der Waals surface area contributed by atoms with Gasteiger partial charge in [-0.15, -0.1) is 0 Å². The molecule has 0 fully saturated rings. The molecule has 88 valence electrons. The molecule has 0 saturated carbocycles. The molecular formula is C10H18O5. The van der Waals surface area contributed by atoms with Crippen molar-refractivity contribution in [1.82, 2.24) is 0 Å². The second kappa shape index (κ2) is 7.36. The van der Waals surface area contributed by atoms with Crippen LogP contribution in [-0.4, -0.2) is 36.4 Å². The predicted octanol–water partition coefficient (Wildman–Crippen LogP) is 1.07. The van der Waals surface area contributed by atoms with E-state index < -0.39 is 18.2 Å². The van der Waals surface area contributed by atoms with Gasteiger partial charge in [0, 0.05) is 19.6 Å². The van der Waals surface area contributed by atoms with E-state index in [0.717, 1.165) is 0 Å². The van der Waals surface area contributed by atoms with Gasteiger partial charge in [-0.05, 0) is 20.8 Å². The molecule has 0 aromatic carbocycles. The van der Waals surface area contributed by atoms with Gasteiger partial charge in [0.2, 0.25) is 0 Å². The van der Waals surface area contributed by atoms with Gasteiger partial charge in [0.25, 0.3) is 0 Å². The van der Waals surface area contributed by atoms with Crippen LogP contribution in [0.1, 0.15) is 27.2 Å². The first kappa shape index (κ1) is 14.1. The van der Waals surface area contributed by atoms with Crippen molar-refractivity contribution >= 4 is 11.8 Å². The number of carboxylic acids is 1. The first-order valence-electron chi connectivity index (χ1n) is 4.99. The number of carboxylic acid groups (broad SMARTS) is 1. The minimum absolute atomic E-state index is 0.0619. The molecule has 1 atom stereocenters. The van der Waals surface area contributed by atoms with E-state index in [1.165, 1.54) is 6.92 Å². The summed E-state index contributed by atoms with van der Waals surface area (Å²) < 4.78 is 10.4. The van der Waals surface area contributed by atoms with Crippen LogP contribution in [0, 0.1) is 5.92 Å². The largest absolute Gasteiger partial charge is 0.481 e. The highest BCUT2D eigenvalue weighted by atomic mass is 16.7. The number of ketones is 1. The summed E-state index contributed by atoms with van der Waals surface area (Å²) in [6.45, 7) is 5.68. The molecule has 0 aromatic rings. The fourth-order valence-electron chi connectivity index (χ4n) is 1.19. The molecule has 0 aromatic heterocycles. The maximum atomic E-state index is 11.0. The second-order valence-corrected chi connectivity index (χ2v) is 3.08. The molecular weight excluding hydrogens is 200 g/mol. The fourth-order valence-corrected chi connectivity index (χ4v) is 1.19. The van der Waals surface area contributed by atoms with Crippen LogP contribution in [0.25, 0.3) is 0 Å². The lowest BCUT2D eigenvalue weighted by molar-refractivity contribution is -0.164. The SMILES string of the molecule is CCOC(CC(C(C)=O)C(=O)O)OCC. The maximum Gasteiger partial charge on any atom is 0.314 e. The Balaban J connectivity index is 4.32. The van der Waals surface area contributed by atoms with Crippen LogP contribution < -0.4 is 0 Å². The van der Waals surface area contributed by atoms with Gasteiger partial charge >= 0.3 is 5.97 Å². The highest BCUT2D eigenvalue weighted by Crippen LogP contribution is 2.12. The zero-order valence-corrected chi connectivity index (χ0v) is 9.36. The van der Waals surface area contributed by atoms with E-state index in [2.05, 4.69) is 0 Å². The molecule has 0 aliphatic rings. The Labute approximate surface area is 89.4 Å². The summed E-state index contributed by atoms with van der Waals surface area (Å²) >= 11 is 0. The van der Waals surface area contributed by atoms with E-state index in [1.807, 2.05) is 0 Å².